The van der Waals surface area contributed by atoms with E-state index in [4.69, 9.17) is 5.73 Å². The number of nitrogens with two attached hydrogens (primary N) is 1. The molecular weight excluding hydrogens is 240 g/mol. The van der Waals surface area contributed by atoms with Crippen molar-refractivity contribution in [2.45, 2.75) is 26.4 Å². The maximum atomic E-state index is 11.1. The first-order valence-corrected chi connectivity index (χ1v) is 6.22. The number of anilines is 1. The van der Waals surface area contributed by atoms with Gasteiger partial charge < -0.3 is 15.6 Å². The molecule has 1 amide bonds. The molecule has 5 heteroatoms. The Bertz CT molecular complexity index is 574. The molecule has 100 valence electrons. The van der Waals surface area contributed by atoms with Crippen molar-refractivity contribution < 1.29 is 4.79 Å². The van der Waals surface area contributed by atoms with Gasteiger partial charge in [0, 0.05) is 23.5 Å². The molecule has 1 aromatic heterocycles. The van der Waals surface area contributed by atoms with Crippen LogP contribution in [0.2, 0.25) is 0 Å². The largest absolute Gasteiger partial charge is 0.379 e. The molecule has 5 nitrogen and oxygen atoms in total. The van der Waals surface area contributed by atoms with Gasteiger partial charge >= 0.3 is 0 Å². The zero-order chi connectivity index (χ0) is 13.8. The zero-order valence-corrected chi connectivity index (χ0v) is 11.1. The van der Waals surface area contributed by atoms with Crippen LogP contribution in [-0.4, -0.2) is 15.5 Å². The van der Waals surface area contributed by atoms with Crippen LogP contribution < -0.4 is 11.1 Å². The van der Waals surface area contributed by atoms with Gasteiger partial charge in [0.25, 0.3) is 0 Å². The van der Waals surface area contributed by atoms with Gasteiger partial charge in [-0.15, -0.1) is 0 Å². The quantitative estimate of drug-likeness (QED) is 0.863. The van der Waals surface area contributed by atoms with Crippen molar-refractivity contribution in [3.05, 3.63) is 48.0 Å². The van der Waals surface area contributed by atoms with E-state index in [1.807, 2.05) is 24.7 Å². The number of nitrogens with one attached hydrogen (secondary N) is 1. The van der Waals surface area contributed by atoms with Gasteiger partial charge in [-0.25, -0.2) is 4.98 Å². The highest BCUT2D eigenvalue weighted by atomic mass is 16.1. The third kappa shape index (κ3) is 3.13. The van der Waals surface area contributed by atoms with E-state index in [2.05, 4.69) is 28.7 Å². The minimum atomic E-state index is -0.420. The van der Waals surface area contributed by atoms with Crippen molar-refractivity contribution in [2.24, 2.45) is 5.73 Å². The highest BCUT2D eigenvalue weighted by Gasteiger charge is 2.06. The SMILES string of the molecule is CC(C)n1cncc1CNc1cccc(C(N)=O)c1. The second kappa shape index (κ2) is 5.56. The summed E-state index contributed by atoms with van der Waals surface area (Å²) >= 11 is 0. The number of carbonyl (C=O) groups excluding carboxylic acids is 1. The van der Waals surface area contributed by atoms with Crippen LogP contribution in [-0.2, 0) is 6.54 Å². The molecule has 0 aliphatic carbocycles. The standard InChI is InChI=1S/C14H18N4O/c1-10(2)18-9-16-7-13(18)8-17-12-5-3-4-11(6-12)14(15)19/h3-7,9-10,17H,8H2,1-2H3,(H2,15,19). The molecule has 0 fully saturated rings. The number of carbonyl (C=O) groups is 1. The van der Waals surface area contributed by atoms with Crippen LogP contribution in [0.4, 0.5) is 5.69 Å². The summed E-state index contributed by atoms with van der Waals surface area (Å²) in [7, 11) is 0. The molecule has 0 saturated carbocycles. The Balaban J connectivity index is 2.08. The van der Waals surface area contributed by atoms with Crippen LogP contribution >= 0.6 is 0 Å². The normalized spacial score (nSPS) is 10.7. The number of hydrogen-bond donors (Lipinski definition) is 2. The molecule has 0 unspecified atom stereocenters. The number of imidazole rings is 1. The van der Waals surface area contributed by atoms with Gasteiger partial charge in [-0.05, 0) is 32.0 Å². The second-order valence-electron chi connectivity index (χ2n) is 4.68. The predicted octanol–water partition coefficient (Wildman–Crippen LogP) is 2.17. The van der Waals surface area contributed by atoms with Gasteiger partial charge in [-0.2, -0.15) is 0 Å². The summed E-state index contributed by atoms with van der Waals surface area (Å²) in [4.78, 5) is 15.3. The monoisotopic (exact) mass is 258 g/mol. The molecule has 3 N–H and O–H groups in total. The smallest absolute Gasteiger partial charge is 0.248 e. The van der Waals surface area contributed by atoms with E-state index in [9.17, 15) is 4.79 Å². The van der Waals surface area contributed by atoms with Gasteiger partial charge in [-0.3, -0.25) is 4.79 Å². The minimum absolute atomic E-state index is 0.372. The van der Waals surface area contributed by atoms with Crippen molar-refractivity contribution in [1.82, 2.24) is 9.55 Å². The first-order valence-electron chi connectivity index (χ1n) is 6.22. The summed E-state index contributed by atoms with van der Waals surface area (Å²) in [6, 6.07) is 7.53. The Morgan fingerprint density at radius 1 is 1.47 bits per heavy atom. The van der Waals surface area contributed by atoms with Crippen LogP contribution in [0.3, 0.4) is 0 Å². The van der Waals surface area contributed by atoms with Gasteiger partial charge in [0.2, 0.25) is 5.91 Å². The number of hydrogen-bond acceptors (Lipinski definition) is 3. The fourth-order valence-electron chi connectivity index (χ4n) is 1.91. The summed E-state index contributed by atoms with van der Waals surface area (Å²) in [5.41, 5.74) is 7.72. The Kier molecular flexibility index (Phi) is 3.85. The van der Waals surface area contributed by atoms with Crippen LogP contribution in [0.5, 0.6) is 0 Å². The van der Waals surface area contributed by atoms with Crippen LogP contribution in [0.15, 0.2) is 36.8 Å². The van der Waals surface area contributed by atoms with Crippen LogP contribution in [0.25, 0.3) is 0 Å². The molecule has 1 heterocycles. The molecule has 0 aliphatic rings. The lowest BCUT2D eigenvalue weighted by molar-refractivity contribution is 0.100. The van der Waals surface area contributed by atoms with Crippen molar-refractivity contribution in [2.75, 3.05) is 5.32 Å². The van der Waals surface area contributed by atoms with Crippen LogP contribution in [0.1, 0.15) is 35.9 Å². The van der Waals surface area contributed by atoms with E-state index in [-0.39, 0.29) is 0 Å². The highest BCUT2D eigenvalue weighted by molar-refractivity contribution is 5.93. The van der Waals surface area contributed by atoms with Crippen molar-refractivity contribution in [3.8, 4) is 0 Å². The van der Waals surface area contributed by atoms with Crippen molar-refractivity contribution >= 4 is 11.6 Å². The average molecular weight is 258 g/mol. The van der Waals surface area contributed by atoms with Gasteiger partial charge in [0.05, 0.1) is 18.6 Å². The third-order valence-electron chi connectivity index (χ3n) is 2.92. The maximum Gasteiger partial charge on any atom is 0.248 e. The number of amides is 1. The molecule has 2 rings (SSSR count). The summed E-state index contributed by atoms with van der Waals surface area (Å²) < 4.78 is 2.10. The van der Waals surface area contributed by atoms with Crippen LogP contribution in [0, 0.1) is 0 Å². The molecule has 2 aromatic rings. The molecule has 0 spiro atoms. The Morgan fingerprint density at radius 3 is 2.95 bits per heavy atom. The Labute approximate surface area is 112 Å². The molecule has 0 radical (unpaired) electrons. The molecule has 0 atom stereocenters. The van der Waals surface area contributed by atoms with Gasteiger partial charge in [-0.1, -0.05) is 6.07 Å². The fraction of sp³-hybridized carbons (Fsp3) is 0.286. The van der Waals surface area contributed by atoms with Crippen molar-refractivity contribution in [1.29, 1.82) is 0 Å². The van der Waals surface area contributed by atoms with Gasteiger partial charge in [0.1, 0.15) is 0 Å². The molecule has 0 saturated heterocycles. The van der Waals surface area contributed by atoms with E-state index in [0.717, 1.165) is 11.4 Å². The zero-order valence-electron chi connectivity index (χ0n) is 11.1. The molecule has 0 bridgehead atoms. The van der Waals surface area contributed by atoms with E-state index in [1.165, 1.54) is 0 Å². The third-order valence-corrected chi connectivity index (χ3v) is 2.92. The summed E-state index contributed by atoms with van der Waals surface area (Å²) in [5, 5.41) is 3.27. The summed E-state index contributed by atoms with van der Waals surface area (Å²) in [5.74, 6) is -0.420. The number of primary amides is 1. The number of rotatable bonds is 5. The highest BCUT2D eigenvalue weighted by Crippen LogP contribution is 2.14. The van der Waals surface area contributed by atoms with E-state index < -0.39 is 5.91 Å². The van der Waals surface area contributed by atoms with Crippen molar-refractivity contribution in [3.63, 3.8) is 0 Å². The lowest BCUT2D eigenvalue weighted by Gasteiger charge is -2.13. The molecule has 19 heavy (non-hydrogen) atoms. The van der Waals surface area contributed by atoms with E-state index in [0.29, 0.717) is 18.2 Å². The number of aromatic nitrogens is 2. The van der Waals surface area contributed by atoms with E-state index in [1.54, 1.807) is 12.1 Å². The minimum Gasteiger partial charge on any atom is -0.379 e. The lowest BCUT2D eigenvalue weighted by Crippen LogP contribution is -2.12. The molecular formula is C14H18N4O. The first kappa shape index (κ1) is 13.1. The average Bonchev–Trinajstić information content (AvgIpc) is 2.85. The second-order valence-corrected chi connectivity index (χ2v) is 4.68. The summed E-state index contributed by atoms with van der Waals surface area (Å²) in [6.07, 6.45) is 3.66. The number of nitrogens with zero attached hydrogens (tertiary/aromatic N) is 2. The first-order chi connectivity index (χ1) is 9.08. The predicted molar refractivity (Wildman–Crippen MR) is 74.9 cm³/mol. The maximum absolute atomic E-state index is 11.1. The fourth-order valence-corrected chi connectivity index (χ4v) is 1.91. The summed E-state index contributed by atoms with van der Waals surface area (Å²) in [6.45, 7) is 4.87. The molecule has 0 aliphatic heterocycles. The lowest BCUT2D eigenvalue weighted by atomic mass is 10.2. The Morgan fingerprint density at radius 2 is 2.26 bits per heavy atom. The van der Waals surface area contributed by atoms with Gasteiger partial charge in [0.15, 0.2) is 0 Å². The Hall–Kier alpha value is -2.30. The molecule has 1 aromatic carbocycles. The number of benzene rings is 1. The topological polar surface area (TPSA) is 72.9 Å². The van der Waals surface area contributed by atoms with E-state index >= 15 is 0 Å².